The fourth-order valence-electron chi connectivity index (χ4n) is 4.83. The van der Waals surface area contributed by atoms with Crippen LogP contribution in [0.2, 0.25) is 0 Å². The first kappa shape index (κ1) is 20.5. The van der Waals surface area contributed by atoms with E-state index < -0.39 is 11.7 Å². The Hall–Kier alpha value is -3.43. The number of rotatable bonds is 4. The van der Waals surface area contributed by atoms with Gasteiger partial charge in [-0.2, -0.15) is 28.2 Å². The second-order valence-electron chi connectivity index (χ2n) is 8.33. The zero-order valence-corrected chi connectivity index (χ0v) is 17.3. The van der Waals surface area contributed by atoms with Gasteiger partial charge in [-0.05, 0) is 49.4 Å². The van der Waals surface area contributed by atoms with Gasteiger partial charge < -0.3 is 10.2 Å². The number of likely N-dealkylation sites (tertiary alicyclic amines) is 1. The quantitative estimate of drug-likeness (QED) is 0.667. The van der Waals surface area contributed by atoms with E-state index in [1.54, 1.807) is 18.5 Å². The predicted molar refractivity (Wildman–Crippen MR) is 110 cm³/mol. The van der Waals surface area contributed by atoms with Crippen molar-refractivity contribution in [2.75, 3.05) is 11.9 Å². The van der Waals surface area contributed by atoms with Gasteiger partial charge >= 0.3 is 6.18 Å². The lowest BCUT2D eigenvalue weighted by Crippen LogP contribution is -2.48. The molecule has 0 spiro atoms. The highest BCUT2D eigenvalue weighted by atomic mass is 19.4. The summed E-state index contributed by atoms with van der Waals surface area (Å²) < 4.78 is 38.4. The molecule has 10 heteroatoms. The Kier molecular flexibility index (Phi) is 4.87. The molecular weight excluding hydrogens is 421 g/mol. The van der Waals surface area contributed by atoms with Gasteiger partial charge in [0.05, 0.1) is 29.6 Å². The summed E-state index contributed by atoms with van der Waals surface area (Å²) in [5, 5.41) is 11.6. The van der Waals surface area contributed by atoms with Crippen LogP contribution in [0.3, 0.4) is 0 Å². The van der Waals surface area contributed by atoms with Crippen LogP contribution in [0.5, 0.6) is 0 Å². The summed E-state index contributed by atoms with van der Waals surface area (Å²) in [7, 11) is 0. The van der Waals surface area contributed by atoms with E-state index in [9.17, 15) is 18.0 Å². The molecule has 2 aromatic heterocycles. The molecule has 2 aliphatic rings. The summed E-state index contributed by atoms with van der Waals surface area (Å²) >= 11 is 0. The number of alkyl halides is 3. The molecule has 3 atom stereocenters. The lowest BCUT2D eigenvalue weighted by atomic mass is 10.0. The van der Waals surface area contributed by atoms with Crippen LogP contribution >= 0.6 is 0 Å². The number of para-hydroxylation sites is 1. The maximum absolute atomic E-state index is 13.5. The Labute approximate surface area is 182 Å². The number of carbonyl (C=O) groups excluding carboxylic acids is 1. The predicted octanol–water partition coefficient (Wildman–Crippen LogP) is 3.70. The molecule has 1 aromatic carbocycles. The van der Waals surface area contributed by atoms with Crippen LogP contribution in [0, 0.1) is 12.8 Å². The summed E-state index contributed by atoms with van der Waals surface area (Å²) in [5.41, 5.74) is 1.28. The van der Waals surface area contributed by atoms with Crippen LogP contribution in [0.4, 0.5) is 19.0 Å². The first-order chi connectivity index (χ1) is 15.3. The SMILES string of the molecule is Cc1cccc(C(=O)N2C[C@H]3CC(Nc4ccc(C(F)(F)F)cn4)C2C3)c1-n1nccn1. The number of nitrogens with one attached hydrogen (secondary N) is 1. The van der Waals surface area contributed by atoms with E-state index in [0.717, 1.165) is 30.7 Å². The number of nitrogens with zero attached hydrogens (tertiary/aromatic N) is 5. The summed E-state index contributed by atoms with van der Waals surface area (Å²) in [6.07, 6.45) is 1.24. The lowest BCUT2D eigenvalue weighted by molar-refractivity contribution is -0.137. The summed E-state index contributed by atoms with van der Waals surface area (Å²) in [5.74, 6) is 0.618. The smallest absolute Gasteiger partial charge is 0.365 e. The van der Waals surface area contributed by atoms with E-state index in [1.807, 2.05) is 24.0 Å². The van der Waals surface area contributed by atoms with Crippen LogP contribution < -0.4 is 5.32 Å². The maximum atomic E-state index is 13.5. The van der Waals surface area contributed by atoms with Crippen LogP contribution in [0.15, 0.2) is 48.9 Å². The number of hydrogen-bond donors (Lipinski definition) is 1. The topological polar surface area (TPSA) is 75.9 Å². The van der Waals surface area contributed by atoms with E-state index in [0.29, 0.717) is 29.5 Å². The standard InChI is InChI=1S/C22H21F3N6O/c1-13-3-2-4-16(20(13)31-27-7-8-28-31)21(32)30-12-14-9-17(18(30)10-14)29-19-6-5-15(11-26-19)22(23,24)25/h2-8,11,14,17-18H,9-10,12H2,1H3,(H,26,29)/t14-,17?,18?/m0/s1. The monoisotopic (exact) mass is 442 g/mol. The highest BCUT2D eigenvalue weighted by Crippen LogP contribution is 2.40. The number of aryl methyl sites for hydroxylation is 1. The Morgan fingerprint density at radius 1 is 1.12 bits per heavy atom. The van der Waals surface area contributed by atoms with Crippen molar-refractivity contribution < 1.29 is 18.0 Å². The average molecular weight is 442 g/mol. The van der Waals surface area contributed by atoms with Gasteiger partial charge in [0, 0.05) is 18.8 Å². The summed E-state index contributed by atoms with van der Waals surface area (Å²) in [4.78, 5) is 20.8. The number of piperidine rings is 1. The molecule has 1 aliphatic heterocycles. The molecule has 1 saturated heterocycles. The first-order valence-electron chi connectivity index (χ1n) is 10.4. The molecule has 0 radical (unpaired) electrons. The molecule has 5 rings (SSSR count). The van der Waals surface area contributed by atoms with Crippen LogP contribution in [-0.2, 0) is 6.18 Å². The third kappa shape index (κ3) is 3.59. The zero-order chi connectivity index (χ0) is 22.5. The van der Waals surface area contributed by atoms with Crippen LogP contribution in [0.1, 0.15) is 34.3 Å². The van der Waals surface area contributed by atoms with Gasteiger partial charge in [-0.1, -0.05) is 12.1 Å². The third-order valence-corrected chi connectivity index (χ3v) is 6.25. The number of amides is 1. The van der Waals surface area contributed by atoms with Crippen molar-refractivity contribution >= 4 is 11.7 Å². The number of pyridine rings is 1. The number of halogens is 3. The molecule has 3 aromatic rings. The number of carbonyl (C=O) groups is 1. The van der Waals surface area contributed by atoms with Gasteiger partial charge in [-0.25, -0.2) is 4.98 Å². The van der Waals surface area contributed by atoms with E-state index in [1.165, 1.54) is 10.9 Å². The molecule has 2 unspecified atom stereocenters. The van der Waals surface area contributed by atoms with E-state index in [4.69, 9.17) is 0 Å². The first-order valence-corrected chi connectivity index (χ1v) is 10.4. The number of fused-ring (bicyclic) bond motifs is 2. The minimum atomic E-state index is -4.42. The molecule has 1 amide bonds. The Balaban J connectivity index is 1.37. The average Bonchev–Trinajstić information content (AvgIpc) is 3.50. The summed E-state index contributed by atoms with van der Waals surface area (Å²) in [6.45, 7) is 2.56. The minimum Gasteiger partial charge on any atom is -0.365 e. The van der Waals surface area contributed by atoms with Crippen molar-refractivity contribution in [2.45, 2.75) is 38.0 Å². The Bertz CT molecular complexity index is 1130. The van der Waals surface area contributed by atoms with Gasteiger partial charge in [-0.3, -0.25) is 4.79 Å². The molecule has 3 heterocycles. The van der Waals surface area contributed by atoms with Gasteiger partial charge in [-0.15, -0.1) is 0 Å². The minimum absolute atomic E-state index is 0.0597. The van der Waals surface area contributed by atoms with E-state index in [-0.39, 0.29) is 18.0 Å². The highest BCUT2D eigenvalue weighted by molar-refractivity contribution is 5.98. The van der Waals surface area contributed by atoms with Crippen molar-refractivity contribution in [1.29, 1.82) is 0 Å². The van der Waals surface area contributed by atoms with E-state index >= 15 is 0 Å². The molecule has 2 bridgehead atoms. The second-order valence-corrected chi connectivity index (χ2v) is 8.33. The third-order valence-electron chi connectivity index (χ3n) is 6.25. The molecule has 1 saturated carbocycles. The van der Waals surface area contributed by atoms with Crippen molar-refractivity contribution in [2.24, 2.45) is 5.92 Å². The highest BCUT2D eigenvalue weighted by Gasteiger charge is 2.47. The van der Waals surface area contributed by atoms with Crippen LogP contribution in [-0.4, -0.2) is 49.4 Å². The maximum Gasteiger partial charge on any atom is 0.417 e. The van der Waals surface area contributed by atoms with Gasteiger partial charge in [0.15, 0.2) is 0 Å². The molecule has 1 N–H and O–H groups in total. The largest absolute Gasteiger partial charge is 0.417 e. The van der Waals surface area contributed by atoms with Crippen molar-refractivity contribution in [3.8, 4) is 5.69 Å². The molecule has 166 valence electrons. The number of benzene rings is 1. The van der Waals surface area contributed by atoms with Crippen LogP contribution in [0.25, 0.3) is 5.69 Å². The van der Waals surface area contributed by atoms with Crippen molar-refractivity contribution in [1.82, 2.24) is 24.9 Å². The number of anilines is 1. The fourth-order valence-corrected chi connectivity index (χ4v) is 4.83. The normalized spacial score (nSPS) is 22.4. The number of aromatic nitrogens is 4. The molecule has 7 nitrogen and oxygen atoms in total. The molecular formula is C22H21F3N6O. The Morgan fingerprint density at radius 3 is 2.56 bits per heavy atom. The van der Waals surface area contributed by atoms with Crippen molar-refractivity contribution in [3.63, 3.8) is 0 Å². The molecule has 32 heavy (non-hydrogen) atoms. The molecule has 1 aliphatic carbocycles. The number of hydrogen-bond acceptors (Lipinski definition) is 5. The lowest BCUT2D eigenvalue weighted by Gasteiger charge is -2.34. The van der Waals surface area contributed by atoms with Crippen molar-refractivity contribution in [3.05, 3.63) is 65.6 Å². The van der Waals surface area contributed by atoms with Gasteiger partial charge in [0.2, 0.25) is 0 Å². The van der Waals surface area contributed by atoms with Gasteiger partial charge in [0.1, 0.15) is 11.5 Å². The fraction of sp³-hybridized carbons (Fsp3) is 0.364. The van der Waals surface area contributed by atoms with E-state index in [2.05, 4.69) is 20.5 Å². The summed E-state index contributed by atoms with van der Waals surface area (Å²) in [6, 6.07) is 7.75. The zero-order valence-electron chi connectivity index (χ0n) is 17.3. The molecule has 2 fully saturated rings. The Morgan fingerprint density at radius 2 is 1.91 bits per heavy atom. The second kappa shape index (κ2) is 7.61. The van der Waals surface area contributed by atoms with Gasteiger partial charge in [0.25, 0.3) is 5.91 Å².